The van der Waals surface area contributed by atoms with Gasteiger partial charge in [0.05, 0.1) is 16.0 Å². The average Bonchev–Trinajstić information content (AvgIpc) is 2.69. The molecule has 0 radical (unpaired) electrons. The van der Waals surface area contributed by atoms with Gasteiger partial charge < -0.3 is 5.73 Å². The number of aromatic nitrogens is 2. The van der Waals surface area contributed by atoms with Crippen molar-refractivity contribution in [3.8, 4) is 16.9 Å². The first-order valence-electron chi connectivity index (χ1n) is 8.18. The van der Waals surface area contributed by atoms with Gasteiger partial charge in [0.15, 0.2) is 0 Å². The van der Waals surface area contributed by atoms with Crippen molar-refractivity contribution in [3.05, 3.63) is 93.3 Å². The molecule has 0 saturated heterocycles. The summed E-state index contributed by atoms with van der Waals surface area (Å²) in [5.74, 6) is 0. The zero-order valence-corrected chi connectivity index (χ0v) is 14.1. The zero-order chi connectivity index (χ0) is 19.0. The Morgan fingerprint density at radius 2 is 1.59 bits per heavy atom. The molecule has 4 aromatic rings. The predicted octanol–water partition coefficient (Wildman–Crippen LogP) is 3.54. The van der Waals surface area contributed by atoms with Crippen LogP contribution in [0.2, 0.25) is 0 Å². The number of benzene rings is 3. The summed E-state index contributed by atoms with van der Waals surface area (Å²) >= 11 is 0. The molecule has 7 nitrogen and oxygen atoms in total. The molecule has 0 aliphatic carbocycles. The van der Waals surface area contributed by atoms with Crippen molar-refractivity contribution >= 4 is 22.1 Å². The van der Waals surface area contributed by atoms with Gasteiger partial charge in [-0.15, -0.1) is 0 Å². The average molecular weight is 358 g/mol. The highest BCUT2D eigenvalue weighted by molar-refractivity contribution is 5.94. The van der Waals surface area contributed by atoms with Gasteiger partial charge in [-0.3, -0.25) is 14.9 Å². The van der Waals surface area contributed by atoms with Gasteiger partial charge in [-0.1, -0.05) is 48.5 Å². The molecule has 4 rings (SSSR count). The summed E-state index contributed by atoms with van der Waals surface area (Å²) in [5.41, 5.74) is 6.82. The Balaban J connectivity index is 2.13. The normalized spacial score (nSPS) is 10.8. The summed E-state index contributed by atoms with van der Waals surface area (Å²) in [5, 5.41) is 17.0. The monoisotopic (exact) mass is 358 g/mol. The molecule has 0 spiro atoms. The van der Waals surface area contributed by atoms with Gasteiger partial charge in [0, 0.05) is 22.7 Å². The molecule has 0 aliphatic heterocycles. The maximum absolute atomic E-state index is 13.0. The summed E-state index contributed by atoms with van der Waals surface area (Å²) in [6.07, 6.45) is 0. The Morgan fingerprint density at radius 1 is 0.926 bits per heavy atom. The highest BCUT2D eigenvalue weighted by atomic mass is 16.6. The highest BCUT2D eigenvalue weighted by Gasteiger charge is 2.20. The molecule has 27 heavy (non-hydrogen) atoms. The third-order valence-corrected chi connectivity index (χ3v) is 4.28. The van der Waals surface area contributed by atoms with Crippen LogP contribution in [0.3, 0.4) is 0 Å². The van der Waals surface area contributed by atoms with Gasteiger partial charge in [-0.05, 0) is 18.2 Å². The summed E-state index contributed by atoms with van der Waals surface area (Å²) in [6, 6.07) is 20.5. The number of rotatable bonds is 3. The lowest BCUT2D eigenvalue weighted by Crippen LogP contribution is -2.23. The van der Waals surface area contributed by atoms with Gasteiger partial charge in [0.25, 0.3) is 11.2 Å². The minimum Gasteiger partial charge on any atom is -0.399 e. The third-order valence-electron chi connectivity index (χ3n) is 4.28. The van der Waals surface area contributed by atoms with Crippen molar-refractivity contribution in [1.29, 1.82) is 0 Å². The van der Waals surface area contributed by atoms with Crippen molar-refractivity contribution < 1.29 is 4.92 Å². The van der Waals surface area contributed by atoms with Gasteiger partial charge in [0.1, 0.15) is 5.69 Å². The van der Waals surface area contributed by atoms with Crippen molar-refractivity contribution in [3.63, 3.8) is 0 Å². The van der Waals surface area contributed by atoms with Crippen LogP contribution in [-0.2, 0) is 0 Å². The second-order valence-corrected chi connectivity index (χ2v) is 5.98. The smallest absolute Gasteiger partial charge is 0.295 e. The summed E-state index contributed by atoms with van der Waals surface area (Å²) in [7, 11) is 0. The molecule has 0 atom stereocenters. The standard InChI is InChI=1S/C20H14N4O3/c21-14-10-11-17(24(26)27)18(12-14)23-20(25)16-9-5-4-8-15(16)19(22-23)13-6-2-1-3-7-13/h1-12H,21H2. The molecule has 3 aromatic carbocycles. The molecular weight excluding hydrogens is 344 g/mol. The first kappa shape index (κ1) is 16.5. The predicted molar refractivity (Wildman–Crippen MR) is 104 cm³/mol. The van der Waals surface area contributed by atoms with E-state index in [2.05, 4.69) is 5.10 Å². The number of nitro groups is 1. The Hall–Kier alpha value is -4.00. The molecule has 1 heterocycles. The van der Waals surface area contributed by atoms with Crippen LogP contribution in [0.25, 0.3) is 27.7 Å². The lowest BCUT2D eigenvalue weighted by molar-refractivity contribution is -0.384. The van der Waals surface area contributed by atoms with Gasteiger partial charge in [-0.25, -0.2) is 0 Å². The van der Waals surface area contributed by atoms with Crippen LogP contribution in [0.4, 0.5) is 11.4 Å². The fourth-order valence-corrected chi connectivity index (χ4v) is 3.03. The fourth-order valence-electron chi connectivity index (χ4n) is 3.03. The van der Waals surface area contributed by atoms with E-state index in [1.165, 1.54) is 18.2 Å². The van der Waals surface area contributed by atoms with E-state index in [0.717, 1.165) is 10.2 Å². The van der Waals surface area contributed by atoms with Gasteiger partial charge in [-0.2, -0.15) is 9.78 Å². The fraction of sp³-hybridized carbons (Fsp3) is 0. The molecule has 1 aromatic heterocycles. The number of nitro benzene ring substituents is 1. The number of nitrogens with two attached hydrogens (primary N) is 1. The zero-order valence-electron chi connectivity index (χ0n) is 14.1. The first-order chi connectivity index (χ1) is 13.1. The van der Waals surface area contributed by atoms with Crippen LogP contribution in [0.5, 0.6) is 0 Å². The summed E-state index contributed by atoms with van der Waals surface area (Å²) in [4.78, 5) is 23.9. The maximum Gasteiger partial charge on any atom is 0.295 e. The molecule has 0 amide bonds. The van der Waals surface area contributed by atoms with E-state index in [-0.39, 0.29) is 11.4 Å². The van der Waals surface area contributed by atoms with Crippen molar-refractivity contribution in [2.24, 2.45) is 0 Å². The van der Waals surface area contributed by atoms with Crippen LogP contribution in [0.15, 0.2) is 77.6 Å². The van der Waals surface area contributed by atoms with E-state index in [0.29, 0.717) is 22.2 Å². The van der Waals surface area contributed by atoms with E-state index < -0.39 is 10.5 Å². The van der Waals surface area contributed by atoms with Gasteiger partial charge in [0.2, 0.25) is 0 Å². The van der Waals surface area contributed by atoms with Crippen LogP contribution >= 0.6 is 0 Å². The van der Waals surface area contributed by atoms with Gasteiger partial charge >= 0.3 is 0 Å². The lowest BCUT2D eigenvalue weighted by atomic mass is 10.1. The molecule has 0 aliphatic rings. The van der Waals surface area contributed by atoms with Crippen molar-refractivity contribution in [1.82, 2.24) is 9.78 Å². The number of nitrogen functional groups attached to an aromatic ring is 1. The lowest BCUT2D eigenvalue weighted by Gasteiger charge is -2.12. The Bertz CT molecular complexity index is 1230. The highest BCUT2D eigenvalue weighted by Crippen LogP contribution is 2.28. The minimum absolute atomic E-state index is 0.0351. The molecular formula is C20H14N4O3. The third kappa shape index (κ3) is 2.81. The Kier molecular flexibility index (Phi) is 3.89. The van der Waals surface area contributed by atoms with E-state index in [1.54, 1.807) is 12.1 Å². The van der Waals surface area contributed by atoms with Crippen LogP contribution in [0, 0.1) is 10.1 Å². The Morgan fingerprint density at radius 3 is 2.30 bits per heavy atom. The second kappa shape index (κ2) is 6.38. The molecule has 132 valence electrons. The van der Waals surface area contributed by atoms with E-state index >= 15 is 0 Å². The largest absolute Gasteiger partial charge is 0.399 e. The van der Waals surface area contributed by atoms with E-state index in [1.807, 2.05) is 42.5 Å². The van der Waals surface area contributed by atoms with E-state index in [9.17, 15) is 14.9 Å². The summed E-state index contributed by atoms with van der Waals surface area (Å²) in [6.45, 7) is 0. The van der Waals surface area contributed by atoms with Crippen LogP contribution in [-0.4, -0.2) is 14.7 Å². The van der Waals surface area contributed by atoms with Crippen LogP contribution in [0.1, 0.15) is 0 Å². The van der Waals surface area contributed by atoms with Crippen molar-refractivity contribution in [2.75, 3.05) is 5.73 Å². The molecule has 0 saturated carbocycles. The number of fused-ring (bicyclic) bond motifs is 1. The quantitative estimate of drug-likeness (QED) is 0.343. The molecule has 0 bridgehead atoms. The Labute approximate surface area is 153 Å². The first-order valence-corrected chi connectivity index (χ1v) is 8.18. The minimum atomic E-state index is -0.555. The number of nitrogens with zero attached hydrogens (tertiary/aromatic N) is 3. The summed E-state index contributed by atoms with van der Waals surface area (Å²) < 4.78 is 1.05. The van der Waals surface area contributed by atoms with Crippen molar-refractivity contribution in [2.45, 2.75) is 0 Å². The molecule has 7 heteroatoms. The maximum atomic E-state index is 13.0. The van der Waals surface area contributed by atoms with Crippen LogP contribution < -0.4 is 11.3 Å². The molecule has 0 fully saturated rings. The topological polar surface area (TPSA) is 104 Å². The number of hydrogen-bond donors (Lipinski definition) is 1. The second-order valence-electron chi connectivity index (χ2n) is 5.98. The molecule has 0 unspecified atom stereocenters. The van der Waals surface area contributed by atoms with E-state index in [4.69, 9.17) is 5.73 Å². The SMILES string of the molecule is Nc1ccc([N+](=O)[O-])c(-n2nc(-c3ccccc3)c3ccccc3c2=O)c1. The molecule has 2 N–H and O–H groups in total. The number of hydrogen-bond acceptors (Lipinski definition) is 5. The number of anilines is 1.